The smallest absolute Gasteiger partial charge is 0.138 e. The van der Waals surface area contributed by atoms with Gasteiger partial charge in [-0.3, -0.25) is 4.68 Å². The molecule has 5 nitrogen and oxygen atoms in total. The van der Waals surface area contributed by atoms with Crippen molar-refractivity contribution in [3.05, 3.63) is 27.7 Å². The molecule has 2 heterocycles. The van der Waals surface area contributed by atoms with Gasteiger partial charge in [-0.2, -0.15) is 5.10 Å². The predicted molar refractivity (Wildman–Crippen MR) is 82.0 cm³/mol. The van der Waals surface area contributed by atoms with Crippen LogP contribution in [0.15, 0.2) is 6.33 Å². The maximum atomic E-state index is 4.55. The number of aryl methyl sites for hydroxylation is 3. The van der Waals surface area contributed by atoms with E-state index < -0.39 is 0 Å². The lowest BCUT2D eigenvalue weighted by Crippen LogP contribution is -2.25. The number of hydrogen-bond acceptors (Lipinski definition) is 5. The van der Waals surface area contributed by atoms with Gasteiger partial charge < -0.3 is 5.32 Å². The van der Waals surface area contributed by atoms with Gasteiger partial charge in [-0.25, -0.2) is 9.97 Å². The standard InChI is InChI=1S/C14H23N5S/c1-5-7-15-12(14-10(3)18-11(4)20-14)8-13-16-9-17-19(13)6-2/h9,12,15H,5-8H2,1-4H3. The summed E-state index contributed by atoms with van der Waals surface area (Å²) < 4.78 is 1.96. The largest absolute Gasteiger partial charge is 0.309 e. The van der Waals surface area contributed by atoms with Crippen LogP contribution < -0.4 is 5.32 Å². The maximum absolute atomic E-state index is 4.55. The van der Waals surface area contributed by atoms with Crippen molar-refractivity contribution in [1.82, 2.24) is 25.1 Å². The van der Waals surface area contributed by atoms with Crippen LogP contribution >= 0.6 is 11.3 Å². The number of thiazole rings is 1. The fourth-order valence-electron chi connectivity index (χ4n) is 2.34. The Morgan fingerprint density at radius 3 is 2.75 bits per heavy atom. The second-order valence-corrected chi connectivity index (χ2v) is 6.12. The minimum Gasteiger partial charge on any atom is -0.309 e. The van der Waals surface area contributed by atoms with E-state index in [9.17, 15) is 0 Å². The van der Waals surface area contributed by atoms with Crippen LogP contribution in [0.2, 0.25) is 0 Å². The van der Waals surface area contributed by atoms with Gasteiger partial charge in [0.15, 0.2) is 0 Å². The summed E-state index contributed by atoms with van der Waals surface area (Å²) in [5.41, 5.74) is 1.13. The Morgan fingerprint density at radius 2 is 2.15 bits per heavy atom. The molecule has 1 N–H and O–H groups in total. The molecule has 0 amide bonds. The Hall–Kier alpha value is -1.27. The van der Waals surface area contributed by atoms with Crippen molar-refractivity contribution >= 4 is 11.3 Å². The first-order chi connectivity index (χ1) is 9.65. The van der Waals surface area contributed by atoms with Crippen molar-refractivity contribution in [1.29, 1.82) is 0 Å². The Balaban J connectivity index is 2.21. The van der Waals surface area contributed by atoms with Crippen LogP contribution in [0.1, 0.15) is 47.7 Å². The summed E-state index contributed by atoms with van der Waals surface area (Å²) in [6.07, 6.45) is 3.62. The lowest BCUT2D eigenvalue weighted by atomic mass is 10.1. The van der Waals surface area contributed by atoms with Crippen molar-refractivity contribution < 1.29 is 0 Å². The highest BCUT2D eigenvalue weighted by atomic mass is 32.1. The van der Waals surface area contributed by atoms with Crippen LogP contribution in [-0.2, 0) is 13.0 Å². The van der Waals surface area contributed by atoms with Crippen LogP contribution in [0.3, 0.4) is 0 Å². The topological polar surface area (TPSA) is 55.6 Å². The molecule has 0 aliphatic rings. The fourth-order valence-corrected chi connectivity index (χ4v) is 3.34. The van der Waals surface area contributed by atoms with Crippen molar-refractivity contribution in [3.8, 4) is 0 Å². The van der Waals surface area contributed by atoms with E-state index in [-0.39, 0.29) is 6.04 Å². The van der Waals surface area contributed by atoms with Crippen molar-refractivity contribution in [2.75, 3.05) is 6.54 Å². The van der Waals surface area contributed by atoms with Gasteiger partial charge in [0.1, 0.15) is 12.2 Å². The second kappa shape index (κ2) is 6.95. The number of aromatic nitrogens is 4. The molecule has 0 saturated heterocycles. The highest BCUT2D eigenvalue weighted by Crippen LogP contribution is 2.27. The first-order valence-electron chi connectivity index (χ1n) is 7.19. The summed E-state index contributed by atoms with van der Waals surface area (Å²) in [4.78, 5) is 10.3. The van der Waals surface area contributed by atoms with Crippen LogP contribution in [-0.4, -0.2) is 26.3 Å². The van der Waals surface area contributed by atoms with Crippen LogP contribution in [0, 0.1) is 13.8 Å². The van der Waals surface area contributed by atoms with Gasteiger partial charge in [0, 0.05) is 17.8 Å². The molecule has 6 heteroatoms. The van der Waals surface area contributed by atoms with Gasteiger partial charge in [-0.15, -0.1) is 11.3 Å². The van der Waals surface area contributed by atoms with Crippen LogP contribution in [0.4, 0.5) is 0 Å². The van der Waals surface area contributed by atoms with E-state index in [2.05, 4.69) is 48.1 Å². The molecule has 0 spiro atoms. The third kappa shape index (κ3) is 3.43. The molecule has 2 aromatic heterocycles. The molecule has 20 heavy (non-hydrogen) atoms. The summed E-state index contributed by atoms with van der Waals surface area (Å²) in [6, 6.07) is 0.274. The lowest BCUT2D eigenvalue weighted by Gasteiger charge is -2.17. The molecular weight excluding hydrogens is 270 g/mol. The summed E-state index contributed by atoms with van der Waals surface area (Å²) in [5.74, 6) is 1.03. The van der Waals surface area contributed by atoms with Gasteiger partial charge in [-0.1, -0.05) is 6.92 Å². The van der Waals surface area contributed by atoms with E-state index in [1.54, 1.807) is 17.7 Å². The minimum atomic E-state index is 0.274. The van der Waals surface area contributed by atoms with Crippen molar-refractivity contribution in [2.45, 2.75) is 53.1 Å². The molecule has 0 bridgehead atoms. The SMILES string of the molecule is CCCNC(Cc1ncnn1CC)c1sc(C)nc1C. The van der Waals surface area contributed by atoms with Gasteiger partial charge in [0.25, 0.3) is 0 Å². The van der Waals surface area contributed by atoms with Gasteiger partial charge in [0.2, 0.25) is 0 Å². The predicted octanol–water partition coefficient (Wildman–Crippen LogP) is 2.65. The molecule has 0 fully saturated rings. The van der Waals surface area contributed by atoms with Gasteiger partial charge >= 0.3 is 0 Å². The molecule has 0 aliphatic carbocycles. The Kier molecular flexibility index (Phi) is 5.25. The Labute approximate surface area is 124 Å². The van der Waals surface area contributed by atoms with Crippen LogP contribution in [0.5, 0.6) is 0 Å². The minimum absolute atomic E-state index is 0.274. The van der Waals surface area contributed by atoms with E-state index in [1.807, 2.05) is 4.68 Å². The van der Waals surface area contributed by atoms with E-state index in [4.69, 9.17) is 0 Å². The first-order valence-corrected chi connectivity index (χ1v) is 8.01. The zero-order valence-electron chi connectivity index (χ0n) is 12.7. The van der Waals surface area contributed by atoms with E-state index in [1.165, 1.54) is 4.88 Å². The molecule has 0 aromatic carbocycles. The summed E-state index contributed by atoms with van der Waals surface area (Å²) >= 11 is 1.78. The Morgan fingerprint density at radius 1 is 1.35 bits per heavy atom. The number of nitrogens with zero attached hydrogens (tertiary/aromatic N) is 4. The van der Waals surface area contributed by atoms with Crippen molar-refractivity contribution in [3.63, 3.8) is 0 Å². The van der Waals surface area contributed by atoms with Crippen LogP contribution in [0.25, 0.3) is 0 Å². The van der Waals surface area contributed by atoms with Crippen molar-refractivity contribution in [2.24, 2.45) is 0 Å². The Bertz CT molecular complexity index is 546. The van der Waals surface area contributed by atoms with E-state index in [0.717, 1.165) is 42.5 Å². The quantitative estimate of drug-likeness (QED) is 0.852. The lowest BCUT2D eigenvalue weighted by molar-refractivity contribution is 0.500. The third-order valence-corrected chi connectivity index (χ3v) is 4.47. The van der Waals surface area contributed by atoms with Gasteiger partial charge in [0.05, 0.1) is 16.7 Å². The average molecular weight is 293 g/mol. The van der Waals surface area contributed by atoms with E-state index >= 15 is 0 Å². The molecular formula is C14H23N5S. The molecule has 0 saturated carbocycles. The third-order valence-electron chi connectivity index (χ3n) is 3.28. The van der Waals surface area contributed by atoms with E-state index in [0.29, 0.717) is 0 Å². The number of nitrogens with one attached hydrogen (secondary N) is 1. The summed E-state index contributed by atoms with van der Waals surface area (Å²) in [6.45, 7) is 10.3. The average Bonchev–Trinajstić information content (AvgIpc) is 3.00. The molecule has 2 aromatic rings. The molecule has 0 radical (unpaired) electrons. The highest BCUT2D eigenvalue weighted by Gasteiger charge is 2.19. The highest BCUT2D eigenvalue weighted by molar-refractivity contribution is 7.11. The first kappa shape index (κ1) is 15.1. The number of hydrogen-bond donors (Lipinski definition) is 1. The molecule has 2 rings (SSSR count). The second-order valence-electron chi connectivity index (χ2n) is 4.89. The number of rotatable bonds is 7. The molecule has 1 atom stereocenters. The zero-order valence-corrected chi connectivity index (χ0v) is 13.5. The molecule has 1 unspecified atom stereocenters. The zero-order chi connectivity index (χ0) is 14.5. The molecule has 110 valence electrons. The monoisotopic (exact) mass is 293 g/mol. The fraction of sp³-hybridized carbons (Fsp3) is 0.643. The maximum Gasteiger partial charge on any atom is 0.138 e. The summed E-state index contributed by atoms with van der Waals surface area (Å²) in [5, 5.41) is 9.00. The summed E-state index contributed by atoms with van der Waals surface area (Å²) in [7, 11) is 0. The molecule has 0 aliphatic heterocycles. The van der Waals surface area contributed by atoms with Gasteiger partial charge in [-0.05, 0) is 33.7 Å². The normalized spacial score (nSPS) is 12.8.